The second-order valence-corrected chi connectivity index (χ2v) is 6.56. The normalized spacial score (nSPS) is 19.9. The lowest BCUT2D eigenvalue weighted by atomic mass is 10.1. The van der Waals surface area contributed by atoms with Crippen LogP contribution >= 0.6 is 0 Å². The van der Waals surface area contributed by atoms with Crippen LogP contribution < -0.4 is 9.47 Å². The van der Waals surface area contributed by atoms with E-state index < -0.39 is 0 Å². The summed E-state index contributed by atoms with van der Waals surface area (Å²) in [6, 6.07) is 5.26. The molecule has 1 saturated heterocycles. The summed E-state index contributed by atoms with van der Waals surface area (Å²) in [5.74, 6) is 1.68. The van der Waals surface area contributed by atoms with Gasteiger partial charge in [0.15, 0.2) is 0 Å². The molecule has 1 unspecified atom stereocenters. The van der Waals surface area contributed by atoms with E-state index in [2.05, 4.69) is 4.90 Å². The van der Waals surface area contributed by atoms with Gasteiger partial charge in [-0.15, -0.1) is 0 Å². The maximum Gasteiger partial charge on any atom is 0.257 e. The second-order valence-electron chi connectivity index (χ2n) is 6.56. The number of amides is 1. The SMILES string of the molecule is COc1ccc(C(=O)N2CCN(CC(O)C3CC3)CC2)c(OC)c1. The topological polar surface area (TPSA) is 62.2 Å². The van der Waals surface area contributed by atoms with Crippen molar-refractivity contribution in [2.45, 2.75) is 18.9 Å². The highest BCUT2D eigenvalue weighted by molar-refractivity contribution is 5.97. The van der Waals surface area contributed by atoms with Gasteiger partial charge in [0.05, 0.1) is 25.9 Å². The minimum Gasteiger partial charge on any atom is -0.497 e. The molecule has 2 fully saturated rings. The van der Waals surface area contributed by atoms with Crippen LogP contribution in [0.15, 0.2) is 18.2 Å². The number of β-amino-alcohol motifs (C(OH)–C–C–N with tert-alkyl or cyclic N) is 1. The summed E-state index contributed by atoms with van der Waals surface area (Å²) in [4.78, 5) is 16.9. The molecular formula is C18H26N2O4. The number of benzene rings is 1. The zero-order valence-corrected chi connectivity index (χ0v) is 14.4. The van der Waals surface area contributed by atoms with Crippen LogP contribution in [0.5, 0.6) is 11.5 Å². The first-order valence-electron chi connectivity index (χ1n) is 8.54. The van der Waals surface area contributed by atoms with Crippen LogP contribution in [0.1, 0.15) is 23.2 Å². The number of rotatable bonds is 6. The summed E-state index contributed by atoms with van der Waals surface area (Å²) in [5, 5.41) is 10.1. The average Bonchev–Trinajstić information content (AvgIpc) is 3.46. The number of aliphatic hydroxyl groups is 1. The minimum atomic E-state index is -0.214. The van der Waals surface area contributed by atoms with Gasteiger partial charge in [-0.2, -0.15) is 0 Å². The highest BCUT2D eigenvalue weighted by atomic mass is 16.5. The second kappa shape index (κ2) is 7.40. The molecule has 2 aliphatic rings. The molecule has 132 valence electrons. The number of hydrogen-bond acceptors (Lipinski definition) is 5. The maximum absolute atomic E-state index is 12.8. The first kappa shape index (κ1) is 17.0. The number of ether oxygens (including phenoxy) is 2. The molecule has 1 aromatic carbocycles. The standard InChI is InChI=1S/C18H26N2O4/c1-23-14-5-6-15(17(11-14)24-2)18(22)20-9-7-19(8-10-20)12-16(21)13-3-4-13/h5-6,11,13,16,21H,3-4,7-10,12H2,1-2H3. The number of piperazine rings is 1. The minimum absolute atomic E-state index is 0.0168. The third-order valence-corrected chi connectivity index (χ3v) is 4.91. The average molecular weight is 334 g/mol. The van der Waals surface area contributed by atoms with Crippen LogP contribution in [0.3, 0.4) is 0 Å². The first-order chi connectivity index (χ1) is 11.6. The van der Waals surface area contributed by atoms with Gasteiger partial charge < -0.3 is 19.5 Å². The Morgan fingerprint density at radius 2 is 1.92 bits per heavy atom. The number of methoxy groups -OCH3 is 2. The number of aliphatic hydroxyl groups excluding tert-OH is 1. The summed E-state index contributed by atoms with van der Waals surface area (Å²) in [5.41, 5.74) is 0.560. The molecule has 1 aliphatic carbocycles. The van der Waals surface area contributed by atoms with Gasteiger partial charge in [0.1, 0.15) is 11.5 Å². The molecule has 1 atom stereocenters. The third-order valence-electron chi connectivity index (χ3n) is 4.91. The molecule has 6 heteroatoms. The van der Waals surface area contributed by atoms with Crippen molar-refractivity contribution in [3.63, 3.8) is 0 Å². The Morgan fingerprint density at radius 3 is 2.50 bits per heavy atom. The van der Waals surface area contributed by atoms with Crippen molar-refractivity contribution >= 4 is 5.91 Å². The van der Waals surface area contributed by atoms with Gasteiger partial charge in [0.25, 0.3) is 5.91 Å². The fourth-order valence-electron chi connectivity index (χ4n) is 3.17. The summed E-state index contributed by atoms with van der Waals surface area (Å²) >= 11 is 0. The van der Waals surface area contributed by atoms with E-state index >= 15 is 0 Å². The van der Waals surface area contributed by atoms with Gasteiger partial charge >= 0.3 is 0 Å². The van der Waals surface area contributed by atoms with Crippen LogP contribution in [0.4, 0.5) is 0 Å². The maximum atomic E-state index is 12.8. The van der Waals surface area contributed by atoms with Gasteiger partial charge in [0, 0.05) is 38.8 Å². The lowest BCUT2D eigenvalue weighted by Crippen LogP contribution is -2.50. The Labute approximate surface area is 143 Å². The molecule has 0 aromatic heterocycles. The quantitative estimate of drug-likeness (QED) is 0.848. The lowest BCUT2D eigenvalue weighted by Gasteiger charge is -2.35. The molecule has 1 N–H and O–H groups in total. The molecule has 0 bridgehead atoms. The van der Waals surface area contributed by atoms with E-state index in [4.69, 9.17) is 9.47 Å². The predicted octanol–water partition coefficient (Wildman–Crippen LogP) is 1.23. The predicted molar refractivity (Wildman–Crippen MR) is 90.6 cm³/mol. The van der Waals surface area contributed by atoms with E-state index in [1.165, 1.54) is 0 Å². The molecule has 0 spiro atoms. The molecule has 24 heavy (non-hydrogen) atoms. The van der Waals surface area contributed by atoms with Gasteiger partial charge in [-0.3, -0.25) is 9.69 Å². The van der Waals surface area contributed by atoms with Crippen molar-refractivity contribution in [1.29, 1.82) is 0 Å². The Morgan fingerprint density at radius 1 is 1.21 bits per heavy atom. The molecule has 1 aromatic rings. The largest absolute Gasteiger partial charge is 0.497 e. The highest BCUT2D eigenvalue weighted by Crippen LogP contribution is 2.33. The summed E-state index contributed by atoms with van der Waals surface area (Å²) < 4.78 is 10.5. The van der Waals surface area contributed by atoms with Gasteiger partial charge in [-0.05, 0) is 30.9 Å². The zero-order chi connectivity index (χ0) is 17.1. The Hall–Kier alpha value is -1.79. The highest BCUT2D eigenvalue weighted by Gasteiger charge is 2.32. The van der Waals surface area contributed by atoms with Crippen LogP contribution in [0.25, 0.3) is 0 Å². The van der Waals surface area contributed by atoms with E-state index in [-0.39, 0.29) is 12.0 Å². The van der Waals surface area contributed by atoms with E-state index in [9.17, 15) is 9.90 Å². The zero-order valence-electron chi connectivity index (χ0n) is 14.4. The van der Waals surface area contributed by atoms with E-state index in [0.29, 0.717) is 36.1 Å². The molecule has 1 amide bonds. The first-order valence-corrected chi connectivity index (χ1v) is 8.54. The van der Waals surface area contributed by atoms with Crippen LogP contribution in [-0.4, -0.2) is 73.9 Å². The van der Waals surface area contributed by atoms with E-state index in [1.807, 2.05) is 4.90 Å². The summed E-state index contributed by atoms with van der Waals surface area (Å²) in [7, 11) is 3.15. The molecule has 6 nitrogen and oxygen atoms in total. The van der Waals surface area contributed by atoms with Gasteiger partial charge in [-0.1, -0.05) is 0 Å². The molecule has 1 heterocycles. The Balaban J connectivity index is 1.58. The molecule has 3 rings (SSSR count). The Bertz CT molecular complexity index is 580. The van der Waals surface area contributed by atoms with Crippen molar-refractivity contribution in [2.75, 3.05) is 46.9 Å². The summed E-state index contributed by atoms with van der Waals surface area (Å²) in [6.07, 6.45) is 2.09. The molecule has 1 aliphatic heterocycles. The fraction of sp³-hybridized carbons (Fsp3) is 0.611. The summed E-state index contributed by atoms with van der Waals surface area (Å²) in [6.45, 7) is 3.66. The van der Waals surface area contributed by atoms with Crippen molar-refractivity contribution < 1.29 is 19.4 Å². The smallest absolute Gasteiger partial charge is 0.257 e. The Kier molecular flexibility index (Phi) is 5.26. The fourth-order valence-corrected chi connectivity index (χ4v) is 3.17. The third kappa shape index (κ3) is 3.82. The van der Waals surface area contributed by atoms with Crippen molar-refractivity contribution in [2.24, 2.45) is 5.92 Å². The molecular weight excluding hydrogens is 308 g/mol. The van der Waals surface area contributed by atoms with E-state index in [0.717, 1.165) is 32.5 Å². The van der Waals surface area contributed by atoms with E-state index in [1.54, 1.807) is 32.4 Å². The van der Waals surface area contributed by atoms with Gasteiger partial charge in [0.2, 0.25) is 0 Å². The monoisotopic (exact) mass is 334 g/mol. The number of carbonyl (C=O) groups excluding carboxylic acids is 1. The number of nitrogens with zero attached hydrogens (tertiary/aromatic N) is 2. The van der Waals surface area contributed by atoms with Crippen molar-refractivity contribution in [3.8, 4) is 11.5 Å². The van der Waals surface area contributed by atoms with Crippen molar-refractivity contribution in [3.05, 3.63) is 23.8 Å². The van der Waals surface area contributed by atoms with Crippen LogP contribution in [-0.2, 0) is 0 Å². The molecule has 0 radical (unpaired) electrons. The lowest BCUT2D eigenvalue weighted by molar-refractivity contribution is 0.0486. The van der Waals surface area contributed by atoms with Crippen LogP contribution in [0.2, 0.25) is 0 Å². The van der Waals surface area contributed by atoms with Gasteiger partial charge in [-0.25, -0.2) is 0 Å². The van der Waals surface area contributed by atoms with Crippen molar-refractivity contribution in [1.82, 2.24) is 9.80 Å². The number of carbonyl (C=O) groups is 1. The number of hydrogen-bond donors (Lipinski definition) is 1. The van der Waals surface area contributed by atoms with Crippen LogP contribution in [0, 0.1) is 5.92 Å². The molecule has 1 saturated carbocycles.